The molecular formula is C17H34N2O. The maximum absolute atomic E-state index is 5.40. The Morgan fingerprint density at radius 2 is 1.95 bits per heavy atom. The van der Waals surface area contributed by atoms with Crippen LogP contribution in [0.2, 0.25) is 0 Å². The average molecular weight is 282 g/mol. The molecule has 1 heterocycles. The van der Waals surface area contributed by atoms with E-state index in [1.165, 1.54) is 38.8 Å². The molecule has 2 aliphatic rings. The van der Waals surface area contributed by atoms with Gasteiger partial charge in [-0.1, -0.05) is 27.2 Å². The molecule has 1 N–H and O–H groups in total. The molecule has 0 spiro atoms. The predicted molar refractivity (Wildman–Crippen MR) is 85.0 cm³/mol. The molecule has 1 saturated carbocycles. The summed E-state index contributed by atoms with van der Waals surface area (Å²) in [6.07, 6.45) is 5.49. The van der Waals surface area contributed by atoms with Crippen molar-refractivity contribution in [3.8, 4) is 0 Å². The van der Waals surface area contributed by atoms with Crippen LogP contribution in [0.25, 0.3) is 0 Å². The van der Waals surface area contributed by atoms with Gasteiger partial charge in [0.05, 0.1) is 13.2 Å². The van der Waals surface area contributed by atoms with Gasteiger partial charge in [0.1, 0.15) is 0 Å². The number of hydrogen-bond acceptors (Lipinski definition) is 3. The third-order valence-corrected chi connectivity index (χ3v) is 5.18. The quantitative estimate of drug-likeness (QED) is 0.758. The molecule has 20 heavy (non-hydrogen) atoms. The number of morpholine rings is 1. The van der Waals surface area contributed by atoms with Crippen molar-refractivity contribution in [2.45, 2.75) is 52.5 Å². The molecule has 3 unspecified atom stereocenters. The van der Waals surface area contributed by atoms with Gasteiger partial charge in [0.25, 0.3) is 0 Å². The molecule has 2 fully saturated rings. The fourth-order valence-electron chi connectivity index (χ4n) is 3.85. The first kappa shape index (κ1) is 16.3. The Bertz CT molecular complexity index is 264. The van der Waals surface area contributed by atoms with Gasteiger partial charge in [0, 0.05) is 19.1 Å². The lowest BCUT2D eigenvalue weighted by Crippen LogP contribution is -2.44. The van der Waals surface area contributed by atoms with Crippen LogP contribution >= 0.6 is 0 Å². The SMILES string of the molecule is CC1CCC(C(C)C)C(NCCCN2CCOCC2)C1. The van der Waals surface area contributed by atoms with Gasteiger partial charge in [-0.25, -0.2) is 0 Å². The van der Waals surface area contributed by atoms with Crippen molar-refractivity contribution >= 4 is 0 Å². The second-order valence-corrected chi connectivity index (χ2v) is 7.19. The van der Waals surface area contributed by atoms with E-state index in [9.17, 15) is 0 Å². The van der Waals surface area contributed by atoms with E-state index < -0.39 is 0 Å². The topological polar surface area (TPSA) is 24.5 Å². The summed E-state index contributed by atoms with van der Waals surface area (Å²) < 4.78 is 5.40. The van der Waals surface area contributed by atoms with Crippen molar-refractivity contribution < 1.29 is 4.74 Å². The largest absolute Gasteiger partial charge is 0.379 e. The van der Waals surface area contributed by atoms with E-state index in [2.05, 4.69) is 31.0 Å². The van der Waals surface area contributed by atoms with Crippen molar-refractivity contribution in [1.29, 1.82) is 0 Å². The highest BCUT2D eigenvalue weighted by Crippen LogP contribution is 2.33. The zero-order valence-corrected chi connectivity index (χ0v) is 13.7. The maximum Gasteiger partial charge on any atom is 0.0594 e. The Balaban J connectivity index is 1.65. The maximum atomic E-state index is 5.40. The van der Waals surface area contributed by atoms with Crippen molar-refractivity contribution in [3.05, 3.63) is 0 Å². The number of nitrogens with zero attached hydrogens (tertiary/aromatic N) is 1. The molecule has 0 radical (unpaired) electrons. The first-order valence-electron chi connectivity index (χ1n) is 8.70. The van der Waals surface area contributed by atoms with Crippen LogP contribution in [-0.2, 0) is 4.74 Å². The van der Waals surface area contributed by atoms with Gasteiger partial charge in [-0.2, -0.15) is 0 Å². The van der Waals surface area contributed by atoms with E-state index in [1.807, 2.05) is 0 Å². The Labute approximate surface area is 125 Å². The summed E-state index contributed by atoms with van der Waals surface area (Å²) in [5.41, 5.74) is 0. The lowest BCUT2D eigenvalue weighted by Gasteiger charge is -2.38. The van der Waals surface area contributed by atoms with Gasteiger partial charge in [0.2, 0.25) is 0 Å². The summed E-state index contributed by atoms with van der Waals surface area (Å²) >= 11 is 0. The van der Waals surface area contributed by atoms with E-state index in [1.54, 1.807) is 0 Å². The summed E-state index contributed by atoms with van der Waals surface area (Å²) in [5, 5.41) is 3.87. The predicted octanol–water partition coefficient (Wildman–Crippen LogP) is 2.76. The van der Waals surface area contributed by atoms with Crippen LogP contribution in [0.5, 0.6) is 0 Å². The second kappa shape index (κ2) is 8.35. The molecule has 0 aromatic rings. The van der Waals surface area contributed by atoms with Gasteiger partial charge in [-0.15, -0.1) is 0 Å². The van der Waals surface area contributed by atoms with Gasteiger partial charge in [0.15, 0.2) is 0 Å². The zero-order valence-electron chi connectivity index (χ0n) is 13.7. The fourth-order valence-corrected chi connectivity index (χ4v) is 3.85. The van der Waals surface area contributed by atoms with E-state index in [0.717, 1.165) is 50.1 Å². The van der Waals surface area contributed by atoms with Crippen molar-refractivity contribution in [2.24, 2.45) is 17.8 Å². The normalized spacial score (nSPS) is 32.7. The van der Waals surface area contributed by atoms with Gasteiger partial charge in [-0.05, 0) is 50.1 Å². The Kier molecular flexibility index (Phi) is 6.79. The molecule has 118 valence electrons. The van der Waals surface area contributed by atoms with Crippen molar-refractivity contribution in [3.63, 3.8) is 0 Å². The molecule has 1 aliphatic heterocycles. The summed E-state index contributed by atoms with van der Waals surface area (Å²) in [6.45, 7) is 13.7. The molecule has 3 atom stereocenters. The third kappa shape index (κ3) is 5.01. The lowest BCUT2D eigenvalue weighted by atomic mass is 9.74. The van der Waals surface area contributed by atoms with Crippen LogP contribution in [0.15, 0.2) is 0 Å². The highest BCUT2D eigenvalue weighted by molar-refractivity contribution is 4.85. The van der Waals surface area contributed by atoms with Crippen LogP contribution in [-0.4, -0.2) is 50.3 Å². The number of rotatable bonds is 6. The van der Waals surface area contributed by atoms with E-state index >= 15 is 0 Å². The second-order valence-electron chi connectivity index (χ2n) is 7.19. The monoisotopic (exact) mass is 282 g/mol. The zero-order chi connectivity index (χ0) is 14.4. The lowest BCUT2D eigenvalue weighted by molar-refractivity contribution is 0.0371. The first-order chi connectivity index (χ1) is 9.66. The van der Waals surface area contributed by atoms with Crippen LogP contribution < -0.4 is 5.32 Å². The van der Waals surface area contributed by atoms with Crippen LogP contribution in [0, 0.1) is 17.8 Å². The summed E-state index contributed by atoms with van der Waals surface area (Å²) in [4.78, 5) is 2.54. The van der Waals surface area contributed by atoms with Gasteiger partial charge < -0.3 is 10.1 Å². The first-order valence-corrected chi connectivity index (χ1v) is 8.70. The molecular weight excluding hydrogens is 248 g/mol. The minimum atomic E-state index is 0.753. The molecule has 3 heteroatoms. The molecule has 0 aromatic heterocycles. The Morgan fingerprint density at radius 1 is 1.20 bits per heavy atom. The van der Waals surface area contributed by atoms with E-state index in [0.29, 0.717) is 0 Å². The molecule has 0 bridgehead atoms. The molecule has 0 aromatic carbocycles. The minimum Gasteiger partial charge on any atom is -0.379 e. The van der Waals surface area contributed by atoms with Crippen molar-refractivity contribution in [1.82, 2.24) is 10.2 Å². The van der Waals surface area contributed by atoms with E-state index in [-0.39, 0.29) is 0 Å². The summed E-state index contributed by atoms with van der Waals surface area (Å²) in [7, 11) is 0. The molecule has 0 amide bonds. The number of hydrogen-bond donors (Lipinski definition) is 1. The highest BCUT2D eigenvalue weighted by Gasteiger charge is 2.29. The van der Waals surface area contributed by atoms with Crippen LogP contribution in [0.1, 0.15) is 46.5 Å². The fraction of sp³-hybridized carbons (Fsp3) is 1.00. The van der Waals surface area contributed by atoms with Crippen LogP contribution in [0.4, 0.5) is 0 Å². The molecule has 1 saturated heterocycles. The highest BCUT2D eigenvalue weighted by atomic mass is 16.5. The standard InChI is InChI=1S/C17H34N2O/c1-14(2)16-6-5-15(3)13-17(16)18-7-4-8-19-9-11-20-12-10-19/h14-18H,4-13H2,1-3H3. The Morgan fingerprint density at radius 3 is 2.65 bits per heavy atom. The van der Waals surface area contributed by atoms with Gasteiger partial charge in [-0.3, -0.25) is 4.90 Å². The van der Waals surface area contributed by atoms with E-state index in [4.69, 9.17) is 4.74 Å². The third-order valence-electron chi connectivity index (χ3n) is 5.18. The van der Waals surface area contributed by atoms with Gasteiger partial charge >= 0.3 is 0 Å². The minimum absolute atomic E-state index is 0.753. The summed E-state index contributed by atoms with van der Waals surface area (Å²) in [6, 6.07) is 0.753. The molecule has 3 nitrogen and oxygen atoms in total. The number of nitrogens with one attached hydrogen (secondary N) is 1. The van der Waals surface area contributed by atoms with Crippen LogP contribution in [0.3, 0.4) is 0 Å². The van der Waals surface area contributed by atoms with Crippen molar-refractivity contribution in [2.75, 3.05) is 39.4 Å². The Hall–Kier alpha value is -0.120. The molecule has 2 rings (SSSR count). The molecule has 1 aliphatic carbocycles. The smallest absolute Gasteiger partial charge is 0.0594 e. The average Bonchev–Trinajstić information content (AvgIpc) is 2.44. The number of ether oxygens (including phenoxy) is 1. The summed E-state index contributed by atoms with van der Waals surface area (Å²) in [5.74, 6) is 2.61.